The van der Waals surface area contributed by atoms with E-state index in [9.17, 15) is 4.79 Å². The van der Waals surface area contributed by atoms with E-state index in [1.807, 2.05) is 23.1 Å². The van der Waals surface area contributed by atoms with Gasteiger partial charge in [-0.25, -0.2) is 0 Å². The molecule has 0 radical (unpaired) electrons. The van der Waals surface area contributed by atoms with Crippen molar-refractivity contribution in [2.75, 3.05) is 32.9 Å². The van der Waals surface area contributed by atoms with E-state index >= 15 is 0 Å². The third-order valence-corrected chi connectivity index (χ3v) is 6.43. The van der Waals surface area contributed by atoms with E-state index in [1.54, 1.807) is 0 Å². The fourth-order valence-electron chi connectivity index (χ4n) is 4.53. The molecule has 0 aromatic heterocycles. The molecule has 0 bridgehead atoms. The average molecular weight is 357 g/mol. The number of amides is 1. The molecule has 0 N–H and O–H groups in total. The molecule has 1 aromatic carbocycles. The summed E-state index contributed by atoms with van der Waals surface area (Å²) in [6.45, 7) is 5.27. The van der Waals surface area contributed by atoms with Gasteiger partial charge < -0.3 is 19.1 Å². The molecular weight excluding hydrogens is 330 g/mol. The Bertz CT molecular complexity index is 693. The van der Waals surface area contributed by atoms with Crippen molar-refractivity contribution in [1.29, 1.82) is 0 Å². The number of ether oxygens (including phenoxy) is 3. The van der Waals surface area contributed by atoms with Gasteiger partial charge in [-0.05, 0) is 60.8 Å². The first-order valence-electron chi connectivity index (χ1n) is 9.94. The van der Waals surface area contributed by atoms with Crippen molar-refractivity contribution < 1.29 is 19.0 Å². The number of carbonyl (C=O) groups is 1. The fraction of sp³-hybridized carbons (Fsp3) is 0.667. The van der Waals surface area contributed by atoms with Gasteiger partial charge in [-0.2, -0.15) is 0 Å². The third-order valence-electron chi connectivity index (χ3n) is 6.43. The normalized spacial score (nSPS) is 26.2. The van der Waals surface area contributed by atoms with Gasteiger partial charge in [0.1, 0.15) is 5.60 Å². The van der Waals surface area contributed by atoms with Gasteiger partial charge in [-0.15, -0.1) is 0 Å². The molecule has 1 atom stereocenters. The summed E-state index contributed by atoms with van der Waals surface area (Å²) >= 11 is 0. The molecule has 3 fully saturated rings. The largest absolute Gasteiger partial charge is 0.381 e. The standard InChI is InChI=1S/C21H27NO4/c23-20(16-3-4-17-11-25-12-18(17)9-16)22-13-21(14-22)19(6-8-26-21)5-7-24-10-15-1-2-15/h3-4,9,15,19H,1-2,5-8,10-14H2/t19-/m1/s1. The van der Waals surface area contributed by atoms with E-state index in [-0.39, 0.29) is 11.5 Å². The zero-order chi connectivity index (χ0) is 17.6. The monoisotopic (exact) mass is 357 g/mol. The minimum absolute atomic E-state index is 0.115. The Morgan fingerprint density at radius 2 is 2.04 bits per heavy atom. The van der Waals surface area contributed by atoms with Crippen LogP contribution in [0.2, 0.25) is 0 Å². The maximum absolute atomic E-state index is 12.8. The summed E-state index contributed by atoms with van der Waals surface area (Å²) in [6, 6.07) is 5.95. The highest BCUT2D eigenvalue weighted by molar-refractivity contribution is 5.95. The van der Waals surface area contributed by atoms with Crippen LogP contribution in [0.4, 0.5) is 0 Å². The quantitative estimate of drug-likeness (QED) is 0.735. The van der Waals surface area contributed by atoms with E-state index in [0.29, 0.717) is 32.2 Å². The van der Waals surface area contributed by atoms with Crippen molar-refractivity contribution in [3.05, 3.63) is 34.9 Å². The minimum atomic E-state index is -0.127. The lowest BCUT2D eigenvalue weighted by molar-refractivity contribution is -0.120. The van der Waals surface area contributed by atoms with Crippen LogP contribution in [0.5, 0.6) is 0 Å². The van der Waals surface area contributed by atoms with Crippen molar-refractivity contribution >= 4 is 5.91 Å². The summed E-state index contributed by atoms with van der Waals surface area (Å²) in [5, 5.41) is 0. The highest BCUT2D eigenvalue weighted by Gasteiger charge is 2.54. The number of nitrogens with zero attached hydrogens (tertiary/aromatic N) is 1. The Hall–Kier alpha value is -1.43. The highest BCUT2D eigenvalue weighted by Crippen LogP contribution is 2.42. The number of hydrogen-bond donors (Lipinski definition) is 0. The molecule has 1 amide bonds. The number of rotatable bonds is 6. The van der Waals surface area contributed by atoms with Crippen LogP contribution in [0, 0.1) is 11.8 Å². The lowest BCUT2D eigenvalue weighted by Crippen LogP contribution is -2.66. The highest BCUT2D eigenvalue weighted by atomic mass is 16.5. The summed E-state index contributed by atoms with van der Waals surface area (Å²) in [4.78, 5) is 14.8. The SMILES string of the molecule is O=C(c1ccc2c(c1)COC2)N1CC2(C1)OCC[C@H]2CCOCC1CC1. The van der Waals surface area contributed by atoms with Gasteiger partial charge in [0.25, 0.3) is 5.91 Å². The predicted octanol–water partition coefficient (Wildman–Crippen LogP) is 2.76. The van der Waals surface area contributed by atoms with Gasteiger partial charge >= 0.3 is 0 Å². The first-order chi connectivity index (χ1) is 12.7. The zero-order valence-electron chi connectivity index (χ0n) is 15.2. The van der Waals surface area contributed by atoms with Gasteiger partial charge in [-0.3, -0.25) is 4.79 Å². The van der Waals surface area contributed by atoms with Crippen LogP contribution in [0.15, 0.2) is 18.2 Å². The smallest absolute Gasteiger partial charge is 0.254 e. The Balaban J connectivity index is 1.16. The lowest BCUT2D eigenvalue weighted by atomic mass is 9.79. The van der Waals surface area contributed by atoms with Crippen molar-refractivity contribution in [2.45, 2.75) is 44.5 Å². The molecule has 1 aliphatic carbocycles. The summed E-state index contributed by atoms with van der Waals surface area (Å²) < 4.78 is 17.4. The summed E-state index contributed by atoms with van der Waals surface area (Å²) in [5.41, 5.74) is 2.99. The number of carbonyl (C=O) groups excluding carboxylic acids is 1. The van der Waals surface area contributed by atoms with Gasteiger partial charge in [-0.1, -0.05) is 6.07 Å². The van der Waals surface area contributed by atoms with Crippen LogP contribution in [0.25, 0.3) is 0 Å². The van der Waals surface area contributed by atoms with Crippen LogP contribution in [-0.4, -0.2) is 49.3 Å². The van der Waals surface area contributed by atoms with E-state index in [0.717, 1.165) is 49.7 Å². The molecule has 1 aromatic rings. The van der Waals surface area contributed by atoms with Crippen LogP contribution in [-0.2, 0) is 27.4 Å². The van der Waals surface area contributed by atoms with E-state index in [2.05, 4.69) is 0 Å². The van der Waals surface area contributed by atoms with Crippen molar-refractivity contribution in [3.8, 4) is 0 Å². The molecule has 140 valence electrons. The third kappa shape index (κ3) is 3.06. The van der Waals surface area contributed by atoms with Crippen molar-refractivity contribution in [3.63, 3.8) is 0 Å². The second kappa shape index (κ2) is 6.63. The maximum atomic E-state index is 12.8. The molecule has 2 saturated heterocycles. The van der Waals surface area contributed by atoms with Crippen molar-refractivity contribution in [1.82, 2.24) is 4.90 Å². The zero-order valence-corrected chi connectivity index (χ0v) is 15.2. The summed E-state index contributed by atoms with van der Waals surface area (Å²) in [7, 11) is 0. The summed E-state index contributed by atoms with van der Waals surface area (Å²) in [6.07, 6.45) is 4.81. The van der Waals surface area contributed by atoms with E-state index in [1.165, 1.54) is 18.4 Å². The number of fused-ring (bicyclic) bond motifs is 1. The first-order valence-corrected chi connectivity index (χ1v) is 9.94. The Kier molecular flexibility index (Phi) is 4.26. The minimum Gasteiger partial charge on any atom is -0.381 e. The molecule has 5 rings (SSSR count). The number of likely N-dealkylation sites (tertiary alicyclic amines) is 1. The van der Waals surface area contributed by atoms with Crippen LogP contribution < -0.4 is 0 Å². The number of benzene rings is 1. The van der Waals surface area contributed by atoms with E-state index in [4.69, 9.17) is 14.2 Å². The van der Waals surface area contributed by atoms with Crippen LogP contribution >= 0.6 is 0 Å². The van der Waals surface area contributed by atoms with Gasteiger partial charge in [0.05, 0.1) is 26.3 Å². The molecule has 5 heteroatoms. The average Bonchev–Trinajstić information content (AvgIpc) is 3.16. The lowest BCUT2D eigenvalue weighted by Gasteiger charge is -2.50. The molecule has 3 heterocycles. The topological polar surface area (TPSA) is 48.0 Å². The second-order valence-electron chi connectivity index (χ2n) is 8.34. The molecule has 5 nitrogen and oxygen atoms in total. The van der Waals surface area contributed by atoms with Crippen LogP contribution in [0.3, 0.4) is 0 Å². The first kappa shape index (κ1) is 16.7. The second-order valence-corrected chi connectivity index (χ2v) is 8.34. The van der Waals surface area contributed by atoms with Gasteiger partial charge in [0, 0.05) is 25.4 Å². The molecule has 3 aliphatic heterocycles. The molecular formula is C21H27NO4. The summed E-state index contributed by atoms with van der Waals surface area (Å²) in [5.74, 6) is 1.45. The van der Waals surface area contributed by atoms with Crippen LogP contribution in [0.1, 0.15) is 47.2 Å². The fourth-order valence-corrected chi connectivity index (χ4v) is 4.53. The Morgan fingerprint density at radius 3 is 2.88 bits per heavy atom. The van der Waals surface area contributed by atoms with E-state index < -0.39 is 0 Å². The molecule has 1 spiro atoms. The van der Waals surface area contributed by atoms with Gasteiger partial charge in [0.15, 0.2) is 0 Å². The molecule has 1 saturated carbocycles. The molecule has 0 unspecified atom stereocenters. The Labute approximate surface area is 154 Å². The molecule has 26 heavy (non-hydrogen) atoms. The van der Waals surface area contributed by atoms with Gasteiger partial charge in [0.2, 0.25) is 0 Å². The Morgan fingerprint density at radius 1 is 1.19 bits per heavy atom. The van der Waals surface area contributed by atoms with Crippen molar-refractivity contribution in [2.24, 2.45) is 11.8 Å². The molecule has 4 aliphatic rings. The number of hydrogen-bond acceptors (Lipinski definition) is 4. The maximum Gasteiger partial charge on any atom is 0.254 e. The predicted molar refractivity (Wildman–Crippen MR) is 95.8 cm³/mol.